The zero-order valence-corrected chi connectivity index (χ0v) is 9.18. The van der Waals surface area contributed by atoms with E-state index in [0.29, 0.717) is 18.9 Å². The number of amides is 1. The molecule has 1 unspecified atom stereocenters. The molecule has 6 nitrogen and oxygen atoms in total. The number of nitrogens with one attached hydrogen (secondary N) is 1. The van der Waals surface area contributed by atoms with Crippen LogP contribution in [0.4, 0.5) is 10.6 Å². The summed E-state index contributed by atoms with van der Waals surface area (Å²) >= 11 is 5.64. The number of nitrogens with zero attached hydrogens (tertiary/aromatic N) is 3. The van der Waals surface area contributed by atoms with E-state index in [1.165, 1.54) is 4.90 Å². The molecule has 0 bridgehead atoms. The topological polar surface area (TPSA) is 78.4 Å². The van der Waals surface area contributed by atoms with Crippen molar-refractivity contribution in [1.82, 2.24) is 14.9 Å². The number of carbonyl (C=O) groups is 1. The van der Waals surface area contributed by atoms with Gasteiger partial charge in [0.1, 0.15) is 5.82 Å². The Hall–Kier alpha value is -1.56. The van der Waals surface area contributed by atoms with Gasteiger partial charge in [-0.3, -0.25) is 0 Å². The number of aromatic nitrogens is 2. The molecule has 2 N–H and O–H groups in total. The van der Waals surface area contributed by atoms with E-state index >= 15 is 0 Å². The second kappa shape index (κ2) is 4.52. The first-order valence-corrected chi connectivity index (χ1v) is 5.26. The van der Waals surface area contributed by atoms with Gasteiger partial charge in [0.25, 0.3) is 0 Å². The predicted octanol–water partition coefficient (Wildman–Crippen LogP) is 1.29. The van der Waals surface area contributed by atoms with Gasteiger partial charge in [0.05, 0.1) is 0 Å². The Morgan fingerprint density at radius 2 is 2.50 bits per heavy atom. The van der Waals surface area contributed by atoms with Crippen LogP contribution < -0.4 is 5.32 Å². The number of hydrogen-bond donors (Lipinski definition) is 2. The minimum atomic E-state index is -0.884. The Morgan fingerprint density at radius 3 is 3.12 bits per heavy atom. The maximum Gasteiger partial charge on any atom is 0.407 e. The van der Waals surface area contributed by atoms with E-state index in [-0.39, 0.29) is 11.3 Å². The van der Waals surface area contributed by atoms with E-state index in [0.717, 1.165) is 6.42 Å². The van der Waals surface area contributed by atoms with Crippen molar-refractivity contribution in [2.75, 3.05) is 18.4 Å². The van der Waals surface area contributed by atoms with E-state index in [4.69, 9.17) is 16.7 Å². The minimum absolute atomic E-state index is 0.0852. The van der Waals surface area contributed by atoms with Crippen molar-refractivity contribution in [3.8, 4) is 0 Å². The fourth-order valence-corrected chi connectivity index (χ4v) is 1.82. The number of likely N-dealkylation sites (tertiary alicyclic amines) is 1. The molecule has 1 aromatic rings. The molecule has 0 radical (unpaired) electrons. The van der Waals surface area contributed by atoms with Crippen LogP contribution in [0.5, 0.6) is 0 Å². The molecule has 16 heavy (non-hydrogen) atoms. The van der Waals surface area contributed by atoms with Crippen LogP contribution in [-0.4, -0.2) is 45.2 Å². The molecular formula is C9H11ClN4O2. The van der Waals surface area contributed by atoms with Gasteiger partial charge in [-0.25, -0.2) is 14.8 Å². The highest BCUT2D eigenvalue weighted by Gasteiger charge is 2.25. The molecule has 1 aromatic heterocycles. The molecule has 1 fully saturated rings. The molecule has 86 valence electrons. The van der Waals surface area contributed by atoms with Gasteiger partial charge >= 0.3 is 6.09 Å². The van der Waals surface area contributed by atoms with Gasteiger partial charge in [-0.1, -0.05) is 0 Å². The van der Waals surface area contributed by atoms with E-state index < -0.39 is 6.09 Å². The van der Waals surface area contributed by atoms with Crippen molar-refractivity contribution >= 4 is 23.5 Å². The van der Waals surface area contributed by atoms with E-state index in [1.807, 2.05) is 0 Å². The lowest BCUT2D eigenvalue weighted by Crippen LogP contribution is -2.30. The summed E-state index contributed by atoms with van der Waals surface area (Å²) in [7, 11) is 0. The maximum absolute atomic E-state index is 10.7. The summed E-state index contributed by atoms with van der Waals surface area (Å²) in [6.07, 6.45) is 1.44. The molecule has 1 amide bonds. The molecule has 0 aromatic carbocycles. The van der Waals surface area contributed by atoms with Gasteiger partial charge in [0.15, 0.2) is 0 Å². The lowest BCUT2D eigenvalue weighted by Gasteiger charge is -2.14. The van der Waals surface area contributed by atoms with Crippen LogP contribution in [0, 0.1) is 0 Å². The maximum atomic E-state index is 10.7. The van der Waals surface area contributed by atoms with Gasteiger partial charge in [-0.15, -0.1) is 0 Å². The Balaban J connectivity index is 1.94. The van der Waals surface area contributed by atoms with Crippen LogP contribution in [0.1, 0.15) is 6.42 Å². The molecule has 7 heteroatoms. The Morgan fingerprint density at radius 1 is 1.69 bits per heavy atom. The molecule has 1 atom stereocenters. The van der Waals surface area contributed by atoms with Crippen LogP contribution >= 0.6 is 11.6 Å². The first-order chi connectivity index (χ1) is 7.65. The largest absolute Gasteiger partial charge is 0.465 e. The molecule has 0 spiro atoms. The van der Waals surface area contributed by atoms with Crippen molar-refractivity contribution in [3.05, 3.63) is 17.5 Å². The average Bonchev–Trinajstić information content (AvgIpc) is 2.66. The zero-order chi connectivity index (χ0) is 11.5. The second-order valence-electron chi connectivity index (χ2n) is 3.57. The Labute approximate surface area is 97.3 Å². The molecule has 2 heterocycles. The third-order valence-corrected chi connectivity index (χ3v) is 2.62. The summed E-state index contributed by atoms with van der Waals surface area (Å²) in [5, 5.41) is 12.1. The first kappa shape index (κ1) is 10.9. The quantitative estimate of drug-likeness (QED) is 0.765. The lowest BCUT2D eigenvalue weighted by molar-refractivity contribution is 0.155. The highest BCUT2D eigenvalue weighted by molar-refractivity contribution is 6.28. The molecule has 1 saturated heterocycles. The van der Waals surface area contributed by atoms with Gasteiger partial charge < -0.3 is 15.3 Å². The van der Waals surface area contributed by atoms with Crippen LogP contribution in [0.15, 0.2) is 12.3 Å². The van der Waals surface area contributed by atoms with Crippen LogP contribution in [0.25, 0.3) is 0 Å². The molecule has 1 aliphatic rings. The summed E-state index contributed by atoms with van der Waals surface area (Å²) in [6, 6.07) is 1.79. The van der Waals surface area contributed by atoms with Gasteiger partial charge in [0, 0.05) is 25.3 Å². The number of carboxylic acid groups (broad SMARTS) is 1. The van der Waals surface area contributed by atoms with E-state index in [1.54, 1.807) is 12.3 Å². The normalized spacial score (nSPS) is 19.8. The van der Waals surface area contributed by atoms with Crippen molar-refractivity contribution in [2.24, 2.45) is 0 Å². The molecule has 0 saturated carbocycles. The number of hydrogen-bond acceptors (Lipinski definition) is 4. The average molecular weight is 243 g/mol. The van der Waals surface area contributed by atoms with Crippen molar-refractivity contribution in [1.29, 1.82) is 0 Å². The monoisotopic (exact) mass is 242 g/mol. The summed E-state index contributed by atoms with van der Waals surface area (Å²) in [5.41, 5.74) is 0. The van der Waals surface area contributed by atoms with E-state index in [9.17, 15) is 4.79 Å². The zero-order valence-electron chi connectivity index (χ0n) is 8.43. The number of anilines is 1. The smallest absolute Gasteiger partial charge is 0.407 e. The van der Waals surface area contributed by atoms with Crippen LogP contribution in [0.3, 0.4) is 0 Å². The fourth-order valence-electron chi connectivity index (χ4n) is 1.68. The van der Waals surface area contributed by atoms with Crippen molar-refractivity contribution in [3.63, 3.8) is 0 Å². The summed E-state index contributed by atoms with van der Waals surface area (Å²) < 4.78 is 0. The standard InChI is InChI=1S/C9H11ClN4O2/c10-8-11-3-1-7(13-8)12-6-2-4-14(5-6)9(15)16/h1,3,6H,2,4-5H2,(H,15,16)(H,11,12,13). The summed E-state index contributed by atoms with van der Waals surface area (Å²) in [5.74, 6) is 0.622. The Kier molecular flexibility index (Phi) is 3.09. The highest BCUT2D eigenvalue weighted by Crippen LogP contribution is 2.14. The molecular weight excluding hydrogens is 232 g/mol. The second-order valence-corrected chi connectivity index (χ2v) is 3.91. The van der Waals surface area contributed by atoms with E-state index in [2.05, 4.69) is 15.3 Å². The van der Waals surface area contributed by atoms with Crippen molar-refractivity contribution < 1.29 is 9.90 Å². The molecule has 0 aliphatic carbocycles. The summed E-state index contributed by atoms with van der Waals surface area (Å²) in [4.78, 5) is 19.8. The first-order valence-electron chi connectivity index (χ1n) is 4.88. The minimum Gasteiger partial charge on any atom is -0.465 e. The van der Waals surface area contributed by atoms with Crippen LogP contribution in [0.2, 0.25) is 5.28 Å². The third kappa shape index (κ3) is 2.52. The number of rotatable bonds is 2. The van der Waals surface area contributed by atoms with Crippen LogP contribution in [-0.2, 0) is 0 Å². The third-order valence-electron chi connectivity index (χ3n) is 2.44. The fraction of sp³-hybridized carbons (Fsp3) is 0.444. The Bertz CT molecular complexity index is 401. The van der Waals surface area contributed by atoms with Gasteiger partial charge in [-0.2, -0.15) is 0 Å². The highest BCUT2D eigenvalue weighted by atomic mass is 35.5. The molecule has 1 aliphatic heterocycles. The summed E-state index contributed by atoms with van der Waals surface area (Å²) in [6.45, 7) is 1.02. The van der Waals surface area contributed by atoms with Gasteiger partial charge in [-0.05, 0) is 24.1 Å². The predicted molar refractivity (Wildman–Crippen MR) is 58.7 cm³/mol. The van der Waals surface area contributed by atoms with Gasteiger partial charge in [0.2, 0.25) is 5.28 Å². The SMILES string of the molecule is O=C(O)N1CCC(Nc2ccnc(Cl)n2)C1. The van der Waals surface area contributed by atoms with Crippen molar-refractivity contribution in [2.45, 2.75) is 12.5 Å². The lowest BCUT2D eigenvalue weighted by atomic mass is 10.2. The molecule has 2 rings (SSSR count). The number of halogens is 1.